The summed E-state index contributed by atoms with van der Waals surface area (Å²) < 4.78 is 32.3. The van der Waals surface area contributed by atoms with E-state index in [1.165, 1.54) is 6.92 Å². The predicted octanol–water partition coefficient (Wildman–Crippen LogP) is 0.955. The molecule has 78 valence electrons. The second-order valence-corrected chi connectivity index (χ2v) is 3.85. The molecular weight excluding hydrogens is 196 g/mol. The maximum Gasteiger partial charge on any atom is 0.397 e. The first-order chi connectivity index (χ1) is 5.92. The summed E-state index contributed by atoms with van der Waals surface area (Å²) in [5.41, 5.74) is 0. The van der Waals surface area contributed by atoms with Gasteiger partial charge in [-0.2, -0.15) is 8.42 Å². The van der Waals surface area contributed by atoms with Crippen LogP contribution in [0.2, 0.25) is 0 Å². The zero-order valence-electron chi connectivity index (χ0n) is 7.52. The molecule has 0 amide bonds. The number of carbonyl (C=O) groups excluding carboxylic acids is 1. The fourth-order valence-electron chi connectivity index (χ4n) is 0.817. The van der Waals surface area contributed by atoms with Crippen LogP contribution in [0.1, 0.15) is 32.6 Å². The molecule has 0 aromatic heterocycles. The lowest BCUT2D eigenvalue weighted by atomic mass is 10.1. The van der Waals surface area contributed by atoms with Crippen LogP contribution in [0.25, 0.3) is 0 Å². The third-order valence-electron chi connectivity index (χ3n) is 1.41. The van der Waals surface area contributed by atoms with Crippen LogP contribution in [0, 0.1) is 0 Å². The third-order valence-corrected chi connectivity index (χ3v) is 1.87. The molecule has 0 atom stereocenters. The number of hydrogen-bond donors (Lipinski definition) is 1. The number of unbranched alkanes of at least 4 members (excludes halogenated alkanes) is 2. The monoisotopic (exact) mass is 210 g/mol. The van der Waals surface area contributed by atoms with Gasteiger partial charge in [0.05, 0.1) is 6.61 Å². The second kappa shape index (κ2) is 6.06. The van der Waals surface area contributed by atoms with Crippen LogP contribution in [-0.2, 0) is 19.4 Å². The highest BCUT2D eigenvalue weighted by molar-refractivity contribution is 7.80. The van der Waals surface area contributed by atoms with Crippen LogP contribution < -0.4 is 0 Å². The van der Waals surface area contributed by atoms with E-state index in [9.17, 15) is 13.2 Å². The minimum Gasteiger partial charge on any atom is -0.300 e. The van der Waals surface area contributed by atoms with Crippen LogP contribution in [0.5, 0.6) is 0 Å². The molecule has 0 aliphatic carbocycles. The fourth-order valence-corrected chi connectivity index (χ4v) is 1.15. The van der Waals surface area contributed by atoms with Gasteiger partial charge in [-0.1, -0.05) is 6.42 Å². The maximum absolute atomic E-state index is 10.5. The van der Waals surface area contributed by atoms with Crippen molar-refractivity contribution in [2.45, 2.75) is 32.6 Å². The molecular formula is C7H14O5S. The maximum atomic E-state index is 10.5. The van der Waals surface area contributed by atoms with Gasteiger partial charge in [0, 0.05) is 6.42 Å². The summed E-state index contributed by atoms with van der Waals surface area (Å²) in [5.74, 6) is 0.121. The molecule has 0 fully saturated rings. The zero-order chi connectivity index (χ0) is 10.3. The van der Waals surface area contributed by atoms with Gasteiger partial charge < -0.3 is 4.79 Å². The van der Waals surface area contributed by atoms with Crippen molar-refractivity contribution in [2.75, 3.05) is 6.61 Å². The van der Waals surface area contributed by atoms with Crippen molar-refractivity contribution >= 4 is 16.2 Å². The minimum atomic E-state index is -4.29. The molecule has 13 heavy (non-hydrogen) atoms. The molecule has 0 unspecified atom stereocenters. The largest absolute Gasteiger partial charge is 0.397 e. The third kappa shape index (κ3) is 11.5. The van der Waals surface area contributed by atoms with Crippen molar-refractivity contribution in [1.29, 1.82) is 0 Å². The molecule has 0 aromatic carbocycles. The molecule has 0 aliphatic heterocycles. The first-order valence-corrected chi connectivity index (χ1v) is 5.39. The molecule has 0 saturated carbocycles. The molecule has 0 aromatic rings. The van der Waals surface area contributed by atoms with Crippen molar-refractivity contribution in [3.63, 3.8) is 0 Å². The van der Waals surface area contributed by atoms with E-state index in [-0.39, 0.29) is 12.4 Å². The molecule has 1 N–H and O–H groups in total. The molecule has 0 radical (unpaired) electrons. The molecule has 6 heteroatoms. The van der Waals surface area contributed by atoms with Gasteiger partial charge in [-0.3, -0.25) is 4.55 Å². The molecule has 0 bridgehead atoms. The molecule has 0 aliphatic rings. The van der Waals surface area contributed by atoms with Gasteiger partial charge in [0.2, 0.25) is 0 Å². The van der Waals surface area contributed by atoms with Gasteiger partial charge in [-0.15, -0.1) is 0 Å². The standard InChI is InChI=1S/C7H14O5S/c1-7(8)5-3-2-4-6-12-13(9,10)11/h2-6H2,1H3,(H,9,10,11). The molecule has 0 spiro atoms. The smallest absolute Gasteiger partial charge is 0.300 e. The number of hydrogen-bond acceptors (Lipinski definition) is 4. The lowest BCUT2D eigenvalue weighted by molar-refractivity contribution is -0.117. The Morgan fingerprint density at radius 3 is 2.38 bits per heavy atom. The number of rotatable bonds is 7. The van der Waals surface area contributed by atoms with Crippen molar-refractivity contribution in [1.82, 2.24) is 0 Å². The average molecular weight is 210 g/mol. The average Bonchev–Trinajstić information content (AvgIpc) is 1.93. The Balaban J connectivity index is 3.23. The summed E-state index contributed by atoms with van der Waals surface area (Å²) in [4.78, 5) is 10.5. The molecule has 0 heterocycles. The Hall–Kier alpha value is -0.460. The SMILES string of the molecule is CC(=O)CCCCCOS(=O)(=O)O. The summed E-state index contributed by atoms with van der Waals surface area (Å²) in [6.45, 7) is 1.48. The van der Waals surface area contributed by atoms with E-state index in [0.29, 0.717) is 12.8 Å². The number of Topliss-reactive ketones (excluding diaryl/α,β-unsaturated/α-hetero) is 1. The first-order valence-electron chi connectivity index (χ1n) is 4.03. The summed E-state index contributed by atoms with van der Waals surface area (Å²) in [5, 5.41) is 0. The topological polar surface area (TPSA) is 80.7 Å². The lowest BCUT2D eigenvalue weighted by Crippen LogP contribution is -2.04. The van der Waals surface area contributed by atoms with E-state index in [2.05, 4.69) is 4.18 Å². The normalized spacial score (nSPS) is 11.5. The van der Waals surface area contributed by atoms with Crippen molar-refractivity contribution < 1.29 is 21.9 Å². The quantitative estimate of drug-likeness (QED) is 0.500. The van der Waals surface area contributed by atoms with E-state index in [1.54, 1.807) is 0 Å². The highest BCUT2D eigenvalue weighted by Crippen LogP contribution is 2.01. The van der Waals surface area contributed by atoms with Gasteiger partial charge in [0.25, 0.3) is 0 Å². The highest BCUT2D eigenvalue weighted by Gasteiger charge is 2.02. The predicted molar refractivity (Wildman–Crippen MR) is 46.6 cm³/mol. The summed E-state index contributed by atoms with van der Waals surface area (Å²) in [6, 6.07) is 0. The van der Waals surface area contributed by atoms with Crippen LogP contribution in [0.4, 0.5) is 0 Å². The van der Waals surface area contributed by atoms with Gasteiger partial charge in [-0.05, 0) is 19.8 Å². The van der Waals surface area contributed by atoms with Crippen LogP contribution in [-0.4, -0.2) is 25.4 Å². The minimum absolute atomic E-state index is 0.0310. The number of ketones is 1. The van der Waals surface area contributed by atoms with Crippen molar-refractivity contribution in [3.05, 3.63) is 0 Å². The van der Waals surface area contributed by atoms with Crippen molar-refractivity contribution in [2.24, 2.45) is 0 Å². The van der Waals surface area contributed by atoms with E-state index in [4.69, 9.17) is 4.55 Å². The van der Waals surface area contributed by atoms with Gasteiger partial charge >= 0.3 is 10.4 Å². The van der Waals surface area contributed by atoms with Gasteiger partial charge in [-0.25, -0.2) is 4.18 Å². The first kappa shape index (κ1) is 12.5. The van der Waals surface area contributed by atoms with Crippen molar-refractivity contribution in [3.8, 4) is 0 Å². The van der Waals surface area contributed by atoms with Crippen LogP contribution >= 0.6 is 0 Å². The molecule has 0 saturated heterocycles. The highest BCUT2D eigenvalue weighted by atomic mass is 32.3. The Kier molecular flexibility index (Phi) is 5.85. The van der Waals surface area contributed by atoms with E-state index >= 15 is 0 Å². The van der Waals surface area contributed by atoms with E-state index < -0.39 is 10.4 Å². The Morgan fingerprint density at radius 1 is 1.31 bits per heavy atom. The number of carbonyl (C=O) groups is 1. The lowest BCUT2D eigenvalue weighted by Gasteiger charge is -1.99. The summed E-state index contributed by atoms with van der Waals surface area (Å²) in [6.07, 6.45) is 2.47. The van der Waals surface area contributed by atoms with Gasteiger partial charge in [0.15, 0.2) is 0 Å². The summed E-state index contributed by atoms with van der Waals surface area (Å²) in [7, 11) is -4.29. The Morgan fingerprint density at radius 2 is 1.92 bits per heavy atom. The molecule has 0 rings (SSSR count). The van der Waals surface area contributed by atoms with Gasteiger partial charge in [0.1, 0.15) is 5.78 Å². The van der Waals surface area contributed by atoms with E-state index in [1.807, 2.05) is 0 Å². The second-order valence-electron chi connectivity index (χ2n) is 2.76. The Bertz CT molecular complexity index is 244. The zero-order valence-corrected chi connectivity index (χ0v) is 8.34. The fraction of sp³-hybridized carbons (Fsp3) is 0.857. The molecule has 5 nitrogen and oxygen atoms in total. The van der Waals surface area contributed by atoms with Crippen LogP contribution in [0.3, 0.4) is 0 Å². The van der Waals surface area contributed by atoms with Crippen LogP contribution in [0.15, 0.2) is 0 Å². The van der Waals surface area contributed by atoms with E-state index in [0.717, 1.165) is 12.8 Å². The Labute approximate surface area is 78.0 Å². The summed E-state index contributed by atoms with van der Waals surface area (Å²) >= 11 is 0.